The predicted octanol–water partition coefficient (Wildman–Crippen LogP) is 4.18. The Hall–Kier alpha value is -3.56. The minimum atomic E-state index is -0.221. The van der Waals surface area contributed by atoms with Gasteiger partial charge in [0.05, 0.1) is 37.4 Å². The van der Waals surface area contributed by atoms with Crippen molar-refractivity contribution in [2.24, 2.45) is 4.99 Å². The number of terminal acetylenes is 1. The summed E-state index contributed by atoms with van der Waals surface area (Å²) in [6.07, 6.45) is 5.79. The summed E-state index contributed by atoms with van der Waals surface area (Å²) in [6.45, 7) is 0.303. The van der Waals surface area contributed by atoms with Crippen LogP contribution in [-0.4, -0.2) is 24.7 Å². The smallest absolute Gasteiger partial charge is 0.252 e. The van der Waals surface area contributed by atoms with Gasteiger partial charge in [-0.3, -0.25) is 4.79 Å². The summed E-state index contributed by atoms with van der Waals surface area (Å²) in [5, 5.41) is 2.25. The van der Waals surface area contributed by atoms with Crippen molar-refractivity contribution in [2.45, 2.75) is 13.0 Å². The molecule has 3 aromatic carbocycles. The van der Waals surface area contributed by atoms with E-state index < -0.39 is 0 Å². The van der Waals surface area contributed by atoms with Crippen LogP contribution in [0.2, 0.25) is 0 Å². The fraction of sp³-hybridized carbons (Fsp3) is 0.167. The van der Waals surface area contributed by atoms with Crippen molar-refractivity contribution in [3.8, 4) is 23.8 Å². The number of nitrogens with zero attached hydrogens (tertiary/aromatic N) is 2. The van der Waals surface area contributed by atoms with Gasteiger partial charge in [0.2, 0.25) is 0 Å². The van der Waals surface area contributed by atoms with E-state index in [1.54, 1.807) is 14.2 Å². The minimum Gasteiger partial charge on any atom is -0.493 e. The van der Waals surface area contributed by atoms with Gasteiger partial charge in [-0.1, -0.05) is 59.7 Å². The first kappa shape index (κ1) is 19.7. The monoisotopic (exact) mass is 416 g/mol. The molecule has 0 bridgehead atoms. The van der Waals surface area contributed by atoms with Crippen LogP contribution in [0.5, 0.6) is 11.5 Å². The number of hydrogen-bond acceptors (Lipinski definition) is 4. The average Bonchev–Trinajstić information content (AvgIpc) is 3.08. The molecule has 4 rings (SSSR count). The molecule has 0 atom stereocenters. The van der Waals surface area contributed by atoms with Crippen LogP contribution in [0.25, 0.3) is 21.0 Å². The lowest BCUT2D eigenvalue weighted by atomic mass is 10.1. The zero-order valence-electron chi connectivity index (χ0n) is 16.7. The fourth-order valence-corrected chi connectivity index (χ4v) is 4.45. The maximum absolute atomic E-state index is 12.7. The molecule has 0 N–H and O–H groups in total. The summed E-state index contributed by atoms with van der Waals surface area (Å²) < 4.78 is 13.5. The van der Waals surface area contributed by atoms with Gasteiger partial charge in [0.25, 0.3) is 5.91 Å². The van der Waals surface area contributed by atoms with E-state index in [0.717, 1.165) is 26.6 Å². The number of ether oxygens (including phenoxy) is 2. The van der Waals surface area contributed by atoms with Gasteiger partial charge in [0.1, 0.15) is 0 Å². The van der Waals surface area contributed by atoms with Gasteiger partial charge in [-0.2, -0.15) is 4.99 Å². The van der Waals surface area contributed by atoms with Crippen molar-refractivity contribution >= 4 is 38.2 Å². The van der Waals surface area contributed by atoms with Crippen molar-refractivity contribution in [3.05, 3.63) is 65.0 Å². The molecule has 30 heavy (non-hydrogen) atoms. The Bertz CT molecular complexity index is 1360. The summed E-state index contributed by atoms with van der Waals surface area (Å²) in [7, 11) is 3.17. The number of carbonyl (C=O) groups excluding carboxylic acids is 1. The van der Waals surface area contributed by atoms with Crippen LogP contribution in [0, 0.1) is 12.3 Å². The highest BCUT2D eigenvalue weighted by Gasteiger charge is 2.13. The number of aromatic nitrogens is 1. The number of carbonyl (C=O) groups is 1. The zero-order valence-corrected chi connectivity index (χ0v) is 17.5. The van der Waals surface area contributed by atoms with E-state index in [9.17, 15) is 4.79 Å². The van der Waals surface area contributed by atoms with E-state index in [1.807, 2.05) is 59.2 Å². The highest BCUT2D eigenvalue weighted by Crippen LogP contribution is 2.33. The standard InChI is InChI=1S/C24H20N2O3S/c1-4-11-26-19-14-20(28-2)21(29-3)15-22(19)30-24(26)25-23(27)13-16-9-10-17-7-5-6-8-18(17)12-16/h1,5-10,12,14-15H,11,13H2,2-3H3. The number of amides is 1. The molecule has 5 nitrogen and oxygen atoms in total. The van der Waals surface area contributed by atoms with Crippen LogP contribution in [0.15, 0.2) is 59.6 Å². The number of hydrogen-bond donors (Lipinski definition) is 0. The predicted molar refractivity (Wildman–Crippen MR) is 120 cm³/mol. The van der Waals surface area contributed by atoms with Crippen molar-refractivity contribution in [1.29, 1.82) is 0 Å². The Morgan fingerprint density at radius 1 is 1.07 bits per heavy atom. The lowest BCUT2D eigenvalue weighted by molar-refractivity contribution is -0.117. The van der Waals surface area contributed by atoms with E-state index in [1.165, 1.54) is 11.3 Å². The van der Waals surface area contributed by atoms with Crippen LogP contribution >= 0.6 is 11.3 Å². The lowest BCUT2D eigenvalue weighted by Gasteiger charge is -2.08. The van der Waals surface area contributed by atoms with E-state index in [4.69, 9.17) is 15.9 Å². The first-order valence-corrected chi connectivity index (χ1v) is 10.2. The highest BCUT2D eigenvalue weighted by atomic mass is 32.1. The average molecular weight is 417 g/mol. The molecule has 6 heteroatoms. The van der Waals surface area contributed by atoms with E-state index in [2.05, 4.69) is 10.9 Å². The molecule has 0 unspecified atom stereocenters. The third kappa shape index (κ3) is 3.80. The van der Waals surface area contributed by atoms with Gasteiger partial charge >= 0.3 is 0 Å². The SMILES string of the molecule is C#CCn1c(=NC(=O)Cc2ccc3ccccc3c2)sc2cc(OC)c(OC)cc21. The van der Waals surface area contributed by atoms with Crippen LogP contribution in [0.4, 0.5) is 0 Å². The molecule has 0 spiro atoms. The maximum atomic E-state index is 12.7. The number of fused-ring (bicyclic) bond motifs is 2. The summed E-state index contributed by atoms with van der Waals surface area (Å²) in [4.78, 5) is 17.6. The molecule has 1 aromatic heterocycles. The molecule has 0 aliphatic carbocycles. The molecular formula is C24H20N2O3S. The van der Waals surface area contributed by atoms with E-state index in [0.29, 0.717) is 22.8 Å². The van der Waals surface area contributed by atoms with Crippen LogP contribution in [0.1, 0.15) is 5.56 Å². The van der Waals surface area contributed by atoms with Crippen molar-refractivity contribution in [3.63, 3.8) is 0 Å². The molecule has 0 radical (unpaired) electrons. The van der Waals surface area contributed by atoms with Crippen molar-refractivity contribution in [2.75, 3.05) is 14.2 Å². The first-order chi connectivity index (χ1) is 14.6. The summed E-state index contributed by atoms with van der Waals surface area (Å²) in [5.74, 6) is 3.64. The first-order valence-electron chi connectivity index (χ1n) is 9.37. The molecule has 0 saturated carbocycles. The van der Waals surface area contributed by atoms with Crippen LogP contribution in [-0.2, 0) is 17.8 Å². The molecule has 1 heterocycles. The third-order valence-electron chi connectivity index (χ3n) is 4.83. The van der Waals surface area contributed by atoms with E-state index >= 15 is 0 Å². The number of rotatable bonds is 5. The Balaban J connectivity index is 1.73. The van der Waals surface area contributed by atoms with Gasteiger partial charge in [0, 0.05) is 12.1 Å². The quantitative estimate of drug-likeness (QED) is 0.459. The summed E-state index contributed by atoms with van der Waals surface area (Å²) >= 11 is 1.40. The van der Waals surface area contributed by atoms with Crippen LogP contribution in [0.3, 0.4) is 0 Å². The number of methoxy groups -OCH3 is 2. The molecule has 0 aliphatic rings. The van der Waals surface area contributed by atoms with Crippen molar-refractivity contribution in [1.82, 2.24) is 4.57 Å². The van der Waals surface area contributed by atoms with E-state index in [-0.39, 0.29) is 12.3 Å². The molecule has 150 valence electrons. The van der Waals surface area contributed by atoms with Gasteiger partial charge in [0.15, 0.2) is 16.3 Å². The zero-order chi connectivity index (χ0) is 21.1. The number of thiazole rings is 1. The highest BCUT2D eigenvalue weighted by molar-refractivity contribution is 7.16. The number of benzene rings is 3. The molecule has 1 amide bonds. The molecule has 0 saturated heterocycles. The van der Waals surface area contributed by atoms with Gasteiger partial charge in [-0.15, -0.1) is 6.42 Å². The second-order valence-electron chi connectivity index (χ2n) is 6.71. The second kappa shape index (κ2) is 8.44. The molecule has 4 aromatic rings. The van der Waals surface area contributed by atoms with Gasteiger partial charge in [-0.05, 0) is 16.3 Å². The van der Waals surface area contributed by atoms with Gasteiger partial charge in [-0.25, -0.2) is 0 Å². The van der Waals surface area contributed by atoms with Gasteiger partial charge < -0.3 is 14.0 Å². The maximum Gasteiger partial charge on any atom is 0.252 e. The summed E-state index contributed by atoms with van der Waals surface area (Å²) in [6, 6.07) is 17.8. The fourth-order valence-electron chi connectivity index (χ4n) is 3.40. The Morgan fingerprint density at radius 3 is 2.53 bits per heavy atom. The van der Waals surface area contributed by atoms with Crippen molar-refractivity contribution < 1.29 is 14.3 Å². The normalized spacial score (nSPS) is 11.6. The Morgan fingerprint density at radius 2 is 1.80 bits per heavy atom. The second-order valence-corrected chi connectivity index (χ2v) is 7.72. The Labute approximate surface area is 178 Å². The third-order valence-corrected chi connectivity index (χ3v) is 5.87. The lowest BCUT2D eigenvalue weighted by Crippen LogP contribution is -2.17. The Kier molecular flexibility index (Phi) is 5.55. The summed E-state index contributed by atoms with van der Waals surface area (Å²) in [5.41, 5.74) is 1.78. The molecule has 0 fully saturated rings. The molecule has 0 aliphatic heterocycles. The largest absolute Gasteiger partial charge is 0.493 e. The minimum absolute atomic E-state index is 0.221. The van der Waals surface area contributed by atoms with Crippen LogP contribution < -0.4 is 14.3 Å². The molecular weight excluding hydrogens is 396 g/mol. The topological polar surface area (TPSA) is 52.8 Å².